The number of nitrogens with one attached hydrogen (secondary N) is 1. The van der Waals surface area contributed by atoms with Gasteiger partial charge in [0.15, 0.2) is 0 Å². The van der Waals surface area contributed by atoms with Crippen LogP contribution in [-0.2, 0) is 6.42 Å². The molecule has 1 heterocycles. The largest absolute Gasteiger partial charge is 0.380 e. The van der Waals surface area contributed by atoms with Gasteiger partial charge in [0, 0.05) is 22.4 Å². The molecule has 1 N–H and O–H groups in total. The summed E-state index contributed by atoms with van der Waals surface area (Å²) in [6, 6.07) is 7.36. The minimum Gasteiger partial charge on any atom is -0.380 e. The van der Waals surface area contributed by atoms with Gasteiger partial charge in [-0.25, -0.2) is 0 Å². The van der Waals surface area contributed by atoms with Gasteiger partial charge in [0.25, 0.3) is 0 Å². The molecule has 0 saturated heterocycles. The highest BCUT2D eigenvalue weighted by Crippen LogP contribution is 2.38. The highest BCUT2D eigenvalue weighted by atomic mass is 32.2. The predicted molar refractivity (Wildman–Crippen MR) is 73.4 cm³/mol. The van der Waals surface area contributed by atoms with Gasteiger partial charge in [-0.15, -0.1) is 11.8 Å². The molecule has 0 aliphatic carbocycles. The van der Waals surface area contributed by atoms with Crippen molar-refractivity contribution in [1.29, 1.82) is 0 Å². The van der Waals surface area contributed by atoms with Crippen LogP contribution in [0, 0.1) is 5.41 Å². The average molecular weight is 235 g/mol. The normalized spacial score (nSPS) is 20.1. The number of thioether (sulfide) groups is 1. The fourth-order valence-electron chi connectivity index (χ4n) is 1.89. The van der Waals surface area contributed by atoms with Gasteiger partial charge in [0.1, 0.15) is 0 Å². The number of hydrogen-bond donors (Lipinski definition) is 1. The van der Waals surface area contributed by atoms with Gasteiger partial charge >= 0.3 is 0 Å². The fraction of sp³-hybridized carbons (Fsp3) is 0.571. The zero-order valence-corrected chi connectivity index (χ0v) is 11.4. The molecule has 0 radical (unpaired) electrons. The first kappa shape index (κ1) is 11.8. The van der Waals surface area contributed by atoms with Crippen molar-refractivity contribution >= 4 is 17.4 Å². The van der Waals surface area contributed by atoms with Gasteiger partial charge < -0.3 is 5.32 Å². The van der Waals surface area contributed by atoms with Crippen LogP contribution in [0.15, 0.2) is 23.1 Å². The summed E-state index contributed by atoms with van der Waals surface area (Å²) in [4.78, 5) is 1.42. The van der Waals surface area contributed by atoms with E-state index in [1.165, 1.54) is 21.9 Å². The monoisotopic (exact) mass is 235 g/mol. The van der Waals surface area contributed by atoms with E-state index in [0.29, 0.717) is 11.5 Å². The van der Waals surface area contributed by atoms with E-state index in [1.807, 2.05) is 11.8 Å². The van der Waals surface area contributed by atoms with Crippen molar-refractivity contribution in [3.05, 3.63) is 23.8 Å². The second-order valence-electron chi connectivity index (χ2n) is 5.56. The van der Waals surface area contributed by atoms with E-state index in [2.05, 4.69) is 51.2 Å². The van der Waals surface area contributed by atoms with Crippen molar-refractivity contribution in [3.8, 4) is 0 Å². The van der Waals surface area contributed by atoms with Crippen molar-refractivity contribution in [2.75, 3.05) is 11.1 Å². The Hall–Kier alpha value is -0.630. The van der Waals surface area contributed by atoms with E-state index in [-0.39, 0.29) is 0 Å². The molecule has 1 nitrogen and oxygen atoms in total. The van der Waals surface area contributed by atoms with Crippen LogP contribution in [0.3, 0.4) is 0 Å². The number of rotatable bonds is 1. The lowest BCUT2D eigenvalue weighted by Crippen LogP contribution is -2.38. The van der Waals surface area contributed by atoms with E-state index in [0.717, 1.165) is 6.42 Å². The van der Waals surface area contributed by atoms with Crippen LogP contribution in [0.2, 0.25) is 0 Å². The van der Waals surface area contributed by atoms with Gasteiger partial charge in [0.2, 0.25) is 0 Å². The van der Waals surface area contributed by atoms with Crippen LogP contribution in [0.4, 0.5) is 5.69 Å². The summed E-state index contributed by atoms with van der Waals surface area (Å²) in [7, 11) is 0. The maximum Gasteiger partial charge on any atom is 0.0481 e. The van der Waals surface area contributed by atoms with Crippen LogP contribution in [0.5, 0.6) is 0 Å². The Bertz CT molecular complexity index is 379. The third-order valence-corrected chi connectivity index (χ3v) is 4.38. The average Bonchev–Trinajstić information content (AvgIpc) is 2.26. The molecular formula is C14H21NS. The Labute approximate surface area is 103 Å². The molecule has 0 amide bonds. The maximum absolute atomic E-state index is 3.67. The van der Waals surface area contributed by atoms with Crippen LogP contribution in [0.25, 0.3) is 0 Å². The molecule has 88 valence electrons. The summed E-state index contributed by atoms with van der Waals surface area (Å²) in [6.45, 7) is 9.12. The Balaban J connectivity index is 2.22. The molecule has 0 aromatic heterocycles. The van der Waals surface area contributed by atoms with E-state index >= 15 is 0 Å². The predicted octanol–water partition coefficient (Wildman–Crippen LogP) is 4.18. The van der Waals surface area contributed by atoms with Gasteiger partial charge in [-0.3, -0.25) is 0 Å². The molecule has 1 unspecified atom stereocenters. The number of hydrogen-bond acceptors (Lipinski definition) is 2. The second kappa shape index (κ2) is 4.33. The molecule has 1 aromatic rings. The minimum atomic E-state index is 0.327. The summed E-state index contributed by atoms with van der Waals surface area (Å²) in [5.74, 6) is 1.17. The zero-order valence-electron chi connectivity index (χ0n) is 10.6. The molecule has 0 saturated carbocycles. The Morgan fingerprint density at radius 3 is 2.75 bits per heavy atom. The third kappa shape index (κ3) is 2.37. The van der Waals surface area contributed by atoms with Crippen LogP contribution >= 0.6 is 11.8 Å². The van der Waals surface area contributed by atoms with Crippen molar-refractivity contribution in [2.24, 2.45) is 5.41 Å². The first-order valence-electron chi connectivity index (χ1n) is 6.03. The Kier molecular flexibility index (Phi) is 3.20. The quantitative estimate of drug-likeness (QED) is 0.783. The van der Waals surface area contributed by atoms with E-state index in [4.69, 9.17) is 0 Å². The SMILES string of the molecule is CCc1ccc2c(c1)SCC(C(C)(C)C)N2. The molecule has 2 heteroatoms. The maximum atomic E-state index is 3.67. The van der Waals surface area contributed by atoms with Crippen molar-refractivity contribution in [2.45, 2.75) is 45.1 Å². The topological polar surface area (TPSA) is 12.0 Å². The summed E-state index contributed by atoms with van der Waals surface area (Å²) in [5, 5.41) is 3.67. The number of aryl methyl sites for hydroxylation is 1. The standard InChI is InChI=1S/C14H21NS/c1-5-10-6-7-11-12(8-10)16-9-13(15-11)14(2,3)4/h6-8,13,15H,5,9H2,1-4H3. The van der Waals surface area contributed by atoms with Gasteiger partial charge in [-0.05, 0) is 29.5 Å². The molecule has 1 aromatic carbocycles. The summed E-state index contributed by atoms with van der Waals surface area (Å²) in [5.41, 5.74) is 3.07. The summed E-state index contributed by atoms with van der Waals surface area (Å²) in [6.07, 6.45) is 1.12. The van der Waals surface area contributed by atoms with E-state index in [1.54, 1.807) is 0 Å². The summed E-state index contributed by atoms with van der Waals surface area (Å²) < 4.78 is 0. The number of fused-ring (bicyclic) bond motifs is 1. The lowest BCUT2D eigenvalue weighted by molar-refractivity contribution is 0.362. The second-order valence-corrected chi connectivity index (χ2v) is 6.62. The first-order chi connectivity index (χ1) is 7.50. The van der Waals surface area contributed by atoms with Crippen molar-refractivity contribution in [1.82, 2.24) is 0 Å². The zero-order chi connectivity index (χ0) is 11.8. The van der Waals surface area contributed by atoms with Gasteiger partial charge in [-0.2, -0.15) is 0 Å². The molecule has 2 rings (SSSR count). The smallest absolute Gasteiger partial charge is 0.0481 e. The molecule has 1 aliphatic heterocycles. The Morgan fingerprint density at radius 2 is 2.12 bits per heavy atom. The van der Waals surface area contributed by atoms with E-state index < -0.39 is 0 Å². The lowest BCUT2D eigenvalue weighted by atomic mass is 9.87. The van der Waals surface area contributed by atoms with Crippen LogP contribution in [-0.4, -0.2) is 11.8 Å². The van der Waals surface area contributed by atoms with Gasteiger partial charge in [0.05, 0.1) is 0 Å². The number of benzene rings is 1. The van der Waals surface area contributed by atoms with Crippen LogP contribution < -0.4 is 5.32 Å². The van der Waals surface area contributed by atoms with Crippen molar-refractivity contribution in [3.63, 3.8) is 0 Å². The first-order valence-corrected chi connectivity index (χ1v) is 7.01. The molecule has 1 atom stereocenters. The van der Waals surface area contributed by atoms with Crippen molar-refractivity contribution < 1.29 is 0 Å². The molecule has 1 aliphatic rings. The van der Waals surface area contributed by atoms with Crippen LogP contribution in [0.1, 0.15) is 33.3 Å². The highest BCUT2D eigenvalue weighted by Gasteiger charge is 2.28. The lowest BCUT2D eigenvalue weighted by Gasteiger charge is -2.36. The molecular weight excluding hydrogens is 214 g/mol. The minimum absolute atomic E-state index is 0.327. The van der Waals surface area contributed by atoms with E-state index in [9.17, 15) is 0 Å². The highest BCUT2D eigenvalue weighted by molar-refractivity contribution is 7.99. The molecule has 0 spiro atoms. The fourth-order valence-corrected chi connectivity index (χ4v) is 3.34. The Morgan fingerprint density at radius 1 is 1.38 bits per heavy atom. The van der Waals surface area contributed by atoms with Gasteiger partial charge in [-0.1, -0.05) is 33.8 Å². The molecule has 0 fully saturated rings. The molecule has 16 heavy (non-hydrogen) atoms. The third-order valence-electron chi connectivity index (χ3n) is 3.23. The number of anilines is 1. The summed E-state index contributed by atoms with van der Waals surface area (Å²) >= 11 is 1.99. The molecule has 0 bridgehead atoms.